The molecule has 1 aliphatic rings. The molecule has 4 rings (SSSR count). The number of nitrogens with zero attached hydrogens (tertiary/aromatic N) is 1. The third-order valence-corrected chi connectivity index (χ3v) is 7.69. The molecule has 3 aromatic rings. The van der Waals surface area contributed by atoms with Crippen molar-refractivity contribution in [2.24, 2.45) is 5.92 Å². The van der Waals surface area contributed by atoms with Gasteiger partial charge in [-0.1, -0.05) is 60.7 Å². The van der Waals surface area contributed by atoms with Crippen LogP contribution in [0.3, 0.4) is 0 Å². The van der Waals surface area contributed by atoms with Gasteiger partial charge in [0.25, 0.3) is 0 Å². The Balaban J connectivity index is 1.56. The fourth-order valence-electron chi connectivity index (χ4n) is 4.13. The van der Waals surface area contributed by atoms with Crippen LogP contribution in [0.2, 0.25) is 0 Å². The Morgan fingerprint density at radius 1 is 0.938 bits per heavy atom. The fraction of sp³-hybridized carbons (Fsp3) is 0.240. The molecular formula is C25H25FN2O3S. The molecule has 0 radical (unpaired) electrons. The molecule has 5 nitrogen and oxygen atoms in total. The summed E-state index contributed by atoms with van der Waals surface area (Å²) in [5.74, 6) is -1.07. The summed E-state index contributed by atoms with van der Waals surface area (Å²) in [5, 5.41) is 2.84. The van der Waals surface area contributed by atoms with Crippen LogP contribution in [-0.4, -0.2) is 25.2 Å². The van der Waals surface area contributed by atoms with E-state index in [1.54, 1.807) is 42.5 Å². The van der Waals surface area contributed by atoms with Crippen LogP contribution >= 0.6 is 0 Å². The average molecular weight is 453 g/mol. The van der Waals surface area contributed by atoms with Gasteiger partial charge >= 0.3 is 0 Å². The van der Waals surface area contributed by atoms with Crippen LogP contribution in [-0.2, 0) is 21.4 Å². The smallest absolute Gasteiger partial charge is 0.243 e. The van der Waals surface area contributed by atoms with E-state index in [0.29, 0.717) is 18.4 Å². The first-order valence-electron chi connectivity index (χ1n) is 10.6. The third-order valence-electron chi connectivity index (χ3n) is 5.80. The zero-order valence-electron chi connectivity index (χ0n) is 17.5. The van der Waals surface area contributed by atoms with Crippen LogP contribution in [0.15, 0.2) is 89.8 Å². The topological polar surface area (TPSA) is 66.5 Å². The highest BCUT2D eigenvalue weighted by Gasteiger charge is 2.39. The van der Waals surface area contributed by atoms with Gasteiger partial charge in [0.1, 0.15) is 5.82 Å². The minimum absolute atomic E-state index is 0.0891. The lowest BCUT2D eigenvalue weighted by molar-refractivity contribution is -0.126. The first-order valence-corrected chi connectivity index (χ1v) is 12.0. The summed E-state index contributed by atoms with van der Waals surface area (Å²) in [5.41, 5.74) is 1.57. The summed E-state index contributed by atoms with van der Waals surface area (Å²) < 4.78 is 41.9. The van der Waals surface area contributed by atoms with Gasteiger partial charge in [-0.05, 0) is 48.2 Å². The number of carbonyl (C=O) groups excluding carboxylic acids is 1. The van der Waals surface area contributed by atoms with Crippen molar-refractivity contribution in [2.75, 3.05) is 6.54 Å². The van der Waals surface area contributed by atoms with E-state index < -0.39 is 15.9 Å². The second-order valence-electron chi connectivity index (χ2n) is 7.94. The minimum atomic E-state index is -3.79. The van der Waals surface area contributed by atoms with Gasteiger partial charge in [-0.15, -0.1) is 0 Å². The van der Waals surface area contributed by atoms with Crippen molar-refractivity contribution in [2.45, 2.75) is 30.3 Å². The molecule has 0 spiro atoms. The quantitative estimate of drug-likeness (QED) is 0.607. The summed E-state index contributed by atoms with van der Waals surface area (Å²) in [7, 11) is -3.79. The number of nitrogens with one attached hydrogen (secondary N) is 1. The Morgan fingerprint density at radius 3 is 2.31 bits per heavy atom. The molecule has 32 heavy (non-hydrogen) atoms. The molecular weight excluding hydrogens is 427 g/mol. The van der Waals surface area contributed by atoms with Gasteiger partial charge in [0.15, 0.2) is 0 Å². The number of halogens is 1. The summed E-state index contributed by atoms with van der Waals surface area (Å²) >= 11 is 0. The normalized spacial score (nSPS) is 19.4. The van der Waals surface area contributed by atoms with Gasteiger partial charge in [0.05, 0.1) is 16.9 Å². The minimum Gasteiger partial charge on any atom is -0.352 e. The molecule has 1 amide bonds. The Morgan fingerprint density at radius 2 is 1.62 bits per heavy atom. The zero-order valence-corrected chi connectivity index (χ0v) is 18.3. The molecule has 1 N–H and O–H groups in total. The number of hydrogen-bond donors (Lipinski definition) is 1. The van der Waals surface area contributed by atoms with E-state index in [2.05, 4.69) is 5.32 Å². The third kappa shape index (κ3) is 4.89. The molecule has 0 saturated carbocycles. The number of amides is 1. The second-order valence-corrected chi connectivity index (χ2v) is 9.83. The molecule has 0 bridgehead atoms. The van der Waals surface area contributed by atoms with Crippen molar-refractivity contribution in [3.8, 4) is 0 Å². The molecule has 1 saturated heterocycles. The van der Waals surface area contributed by atoms with Crippen molar-refractivity contribution in [1.82, 2.24) is 9.62 Å². The number of carbonyl (C=O) groups is 1. The maximum absolute atomic E-state index is 13.5. The standard InChI is InChI=1S/C25H25FN2O3S/c26-22-11-7-8-19(16-22)17-27-25(29)21-14-15-24(20-9-3-1-4-10-20)28(18-21)32(30,31)23-12-5-2-6-13-23/h1-13,16,21,24H,14-15,17-18H2,(H,27,29)/t21-,24-/m1/s1. The number of piperidine rings is 1. The van der Waals surface area contributed by atoms with Crippen LogP contribution in [0.4, 0.5) is 4.39 Å². The van der Waals surface area contributed by atoms with Crippen molar-refractivity contribution < 1.29 is 17.6 Å². The fourth-order valence-corrected chi connectivity index (χ4v) is 5.85. The van der Waals surface area contributed by atoms with Crippen molar-refractivity contribution in [3.63, 3.8) is 0 Å². The van der Waals surface area contributed by atoms with E-state index in [0.717, 1.165) is 5.56 Å². The largest absolute Gasteiger partial charge is 0.352 e. The lowest BCUT2D eigenvalue weighted by atomic mass is 9.90. The van der Waals surface area contributed by atoms with Gasteiger partial charge in [-0.3, -0.25) is 4.79 Å². The molecule has 1 fully saturated rings. The predicted octanol–water partition coefficient (Wildman–Crippen LogP) is 4.28. The van der Waals surface area contributed by atoms with E-state index in [-0.39, 0.29) is 35.8 Å². The molecule has 7 heteroatoms. The van der Waals surface area contributed by atoms with Crippen molar-refractivity contribution >= 4 is 15.9 Å². The lowest BCUT2D eigenvalue weighted by Crippen LogP contribution is -2.46. The van der Waals surface area contributed by atoms with Gasteiger partial charge in [0.2, 0.25) is 15.9 Å². The molecule has 0 aromatic heterocycles. The van der Waals surface area contributed by atoms with E-state index in [1.165, 1.54) is 16.4 Å². The van der Waals surface area contributed by atoms with Crippen LogP contribution < -0.4 is 5.32 Å². The molecule has 0 aliphatic carbocycles. The van der Waals surface area contributed by atoms with E-state index in [4.69, 9.17) is 0 Å². The number of hydrogen-bond acceptors (Lipinski definition) is 3. The van der Waals surface area contributed by atoms with Gasteiger partial charge in [-0.25, -0.2) is 12.8 Å². The Hall–Kier alpha value is -3.03. The number of benzene rings is 3. The predicted molar refractivity (Wildman–Crippen MR) is 120 cm³/mol. The average Bonchev–Trinajstić information content (AvgIpc) is 2.83. The Labute approximate surface area is 187 Å². The van der Waals surface area contributed by atoms with Gasteiger partial charge in [0, 0.05) is 13.1 Å². The Kier molecular flexibility index (Phi) is 6.67. The SMILES string of the molecule is O=C(NCc1cccc(F)c1)[C@@H]1CC[C@H](c2ccccc2)N(S(=O)(=O)c2ccccc2)C1. The molecule has 2 atom stereocenters. The molecule has 1 heterocycles. The first kappa shape index (κ1) is 22.2. The maximum Gasteiger partial charge on any atom is 0.243 e. The van der Waals surface area contributed by atoms with Crippen LogP contribution in [0.1, 0.15) is 30.0 Å². The number of rotatable bonds is 6. The Bertz CT molecular complexity index is 1170. The van der Waals surface area contributed by atoms with Gasteiger partial charge < -0.3 is 5.32 Å². The van der Waals surface area contributed by atoms with E-state index in [1.807, 2.05) is 30.3 Å². The van der Waals surface area contributed by atoms with Gasteiger partial charge in [-0.2, -0.15) is 4.31 Å². The summed E-state index contributed by atoms with van der Waals surface area (Å²) in [6, 6.07) is 23.5. The second kappa shape index (κ2) is 9.63. The number of sulfonamides is 1. The monoisotopic (exact) mass is 452 g/mol. The molecule has 1 aliphatic heterocycles. The van der Waals surface area contributed by atoms with Crippen LogP contribution in [0.25, 0.3) is 0 Å². The molecule has 166 valence electrons. The van der Waals surface area contributed by atoms with E-state index in [9.17, 15) is 17.6 Å². The first-order chi connectivity index (χ1) is 15.4. The summed E-state index contributed by atoms with van der Waals surface area (Å²) in [4.78, 5) is 13.1. The summed E-state index contributed by atoms with van der Waals surface area (Å²) in [6.45, 7) is 0.284. The lowest BCUT2D eigenvalue weighted by Gasteiger charge is -2.38. The molecule has 0 unspecified atom stereocenters. The van der Waals surface area contributed by atoms with E-state index >= 15 is 0 Å². The highest BCUT2D eigenvalue weighted by Crippen LogP contribution is 2.37. The molecule has 3 aromatic carbocycles. The van der Waals surface area contributed by atoms with Crippen LogP contribution in [0.5, 0.6) is 0 Å². The van der Waals surface area contributed by atoms with Crippen LogP contribution in [0, 0.1) is 11.7 Å². The highest BCUT2D eigenvalue weighted by atomic mass is 32.2. The maximum atomic E-state index is 13.5. The summed E-state index contributed by atoms with van der Waals surface area (Å²) in [6.07, 6.45) is 1.10. The highest BCUT2D eigenvalue weighted by molar-refractivity contribution is 7.89. The van der Waals surface area contributed by atoms with Crippen molar-refractivity contribution in [1.29, 1.82) is 0 Å². The van der Waals surface area contributed by atoms with Crippen molar-refractivity contribution in [3.05, 3.63) is 102 Å². The zero-order chi connectivity index (χ0) is 22.6.